The molecule has 2 aromatic rings. The van der Waals surface area contributed by atoms with Crippen molar-refractivity contribution in [3.63, 3.8) is 0 Å². The molecule has 5 heteroatoms. The number of anilines is 1. The highest BCUT2D eigenvalue weighted by Gasteiger charge is 2.07. The van der Waals surface area contributed by atoms with Crippen molar-refractivity contribution in [1.82, 2.24) is 0 Å². The van der Waals surface area contributed by atoms with Crippen LogP contribution in [0.2, 0.25) is 0 Å². The fourth-order valence-electron chi connectivity index (χ4n) is 1.63. The second-order valence-electron chi connectivity index (χ2n) is 4.28. The van der Waals surface area contributed by atoms with Gasteiger partial charge in [-0.15, -0.1) is 0 Å². The van der Waals surface area contributed by atoms with E-state index in [0.29, 0.717) is 11.4 Å². The maximum atomic E-state index is 13.1. The molecule has 3 nitrogen and oxygen atoms in total. The van der Waals surface area contributed by atoms with E-state index in [-0.39, 0.29) is 19.0 Å². The predicted molar refractivity (Wildman–Crippen MR) is 80.5 cm³/mol. The van der Waals surface area contributed by atoms with Crippen molar-refractivity contribution in [2.24, 2.45) is 0 Å². The monoisotopic (exact) mass is 339 g/mol. The topological polar surface area (TPSA) is 41.5 Å². The Labute approximate surface area is 125 Å². The summed E-state index contributed by atoms with van der Waals surface area (Å²) >= 11 is 3.31. The number of hydrogen-bond donors (Lipinski definition) is 2. The lowest BCUT2D eigenvalue weighted by Crippen LogP contribution is -2.26. The van der Waals surface area contributed by atoms with Crippen LogP contribution in [0.25, 0.3) is 0 Å². The van der Waals surface area contributed by atoms with E-state index < -0.39 is 6.10 Å². The van der Waals surface area contributed by atoms with Crippen LogP contribution in [0, 0.1) is 5.82 Å². The van der Waals surface area contributed by atoms with Crippen molar-refractivity contribution in [3.8, 4) is 5.75 Å². The van der Waals surface area contributed by atoms with E-state index in [0.717, 1.165) is 4.47 Å². The van der Waals surface area contributed by atoms with Crippen LogP contribution in [0.3, 0.4) is 0 Å². The average molecular weight is 340 g/mol. The first-order valence-electron chi connectivity index (χ1n) is 6.20. The number of hydrogen-bond acceptors (Lipinski definition) is 3. The van der Waals surface area contributed by atoms with Crippen LogP contribution < -0.4 is 10.1 Å². The quantitative estimate of drug-likeness (QED) is 0.847. The number of halogens is 2. The van der Waals surface area contributed by atoms with Gasteiger partial charge in [-0.05, 0) is 46.3 Å². The number of ether oxygens (including phenoxy) is 1. The van der Waals surface area contributed by atoms with Gasteiger partial charge in [0.2, 0.25) is 0 Å². The Bertz CT molecular complexity index is 551. The number of benzene rings is 2. The standard InChI is InChI=1S/C15H15BrFNO2/c16-14-7-6-11(17)8-15(14)18-9-12(19)10-20-13-4-2-1-3-5-13/h1-8,12,18-19H,9-10H2. The molecule has 0 aliphatic rings. The molecule has 0 radical (unpaired) electrons. The van der Waals surface area contributed by atoms with Crippen LogP contribution in [-0.4, -0.2) is 24.4 Å². The number of rotatable bonds is 6. The van der Waals surface area contributed by atoms with Crippen molar-refractivity contribution in [1.29, 1.82) is 0 Å². The summed E-state index contributed by atoms with van der Waals surface area (Å²) in [5.41, 5.74) is 0.601. The summed E-state index contributed by atoms with van der Waals surface area (Å²) in [6.07, 6.45) is -0.689. The minimum atomic E-state index is -0.689. The van der Waals surface area contributed by atoms with Gasteiger partial charge in [0, 0.05) is 11.0 Å². The highest BCUT2D eigenvalue weighted by Crippen LogP contribution is 2.22. The van der Waals surface area contributed by atoms with E-state index in [2.05, 4.69) is 21.2 Å². The van der Waals surface area contributed by atoms with E-state index in [1.165, 1.54) is 12.1 Å². The second kappa shape index (κ2) is 7.26. The first-order valence-corrected chi connectivity index (χ1v) is 6.99. The van der Waals surface area contributed by atoms with Gasteiger partial charge in [0.1, 0.15) is 24.3 Å². The van der Waals surface area contributed by atoms with Gasteiger partial charge >= 0.3 is 0 Å². The molecule has 0 heterocycles. The van der Waals surface area contributed by atoms with Crippen molar-refractivity contribution >= 4 is 21.6 Å². The fourth-order valence-corrected chi connectivity index (χ4v) is 2.02. The molecular weight excluding hydrogens is 325 g/mol. The molecule has 1 atom stereocenters. The first kappa shape index (κ1) is 14.8. The van der Waals surface area contributed by atoms with E-state index >= 15 is 0 Å². The summed E-state index contributed by atoms with van der Waals surface area (Å²) in [6.45, 7) is 0.443. The fraction of sp³-hybridized carbons (Fsp3) is 0.200. The zero-order valence-electron chi connectivity index (χ0n) is 10.7. The summed E-state index contributed by atoms with van der Waals surface area (Å²) in [5.74, 6) is 0.379. The Balaban J connectivity index is 1.80. The van der Waals surface area contributed by atoms with Crippen LogP contribution in [0.15, 0.2) is 53.0 Å². The highest BCUT2D eigenvalue weighted by atomic mass is 79.9. The molecule has 2 rings (SSSR count). The van der Waals surface area contributed by atoms with Gasteiger partial charge in [0.25, 0.3) is 0 Å². The first-order chi connectivity index (χ1) is 9.65. The molecule has 2 N–H and O–H groups in total. The molecule has 0 aliphatic heterocycles. The Hall–Kier alpha value is -1.59. The molecule has 0 aliphatic carbocycles. The second-order valence-corrected chi connectivity index (χ2v) is 5.14. The molecule has 0 amide bonds. The van der Waals surface area contributed by atoms with Crippen molar-refractivity contribution in [2.75, 3.05) is 18.5 Å². The maximum Gasteiger partial charge on any atom is 0.125 e. The molecule has 0 saturated carbocycles. The van der Waals surface area contributed by atoms with E-state index in [1.54, 1.807) is 6.07 Å². The molecule has 0 bridgehead atoms. The van der Waals surface area contributed by atoms with Crippen molar-refractivity contribution in [2.45, 2.75) is 6.10 Å². The zero-order valence-corrected chi connectivity index (χ0v) is 12.3. The van der Waals surface area contributed by atoms with Gasteiger partial charge in [-0.25, -0.2) is 4.39 Å². The zero-order chi connectivity index (χ0) is 14.4. The molecule has 0 saturated heterocycles. The van der Waals surface area contributed by atoms with Gasteiger partial charge in [0.15, 0.2) is 0 Å². The maximum absolute atomic E-state index is 13.1. The van der Waals surface area contributed by atoms with Crippen LogP contribution in [0.5, 0.6) is 5.75 Å². The number of aliphatic hydroxyl groups excluding tert-OH is 1. The molecule has 106 valence electrons. The molecule has 20 heavy (non-hydrogen) atoms. The van der Waals surface area contributed by atoms with Gasteiger partial charge < -0.3 is 15.2 Å². The Morgan fingerprint density at radius 3 is 2.70 bits per heavy atom. The van der Waals surface area contributed by atoms with Crippen molar-refractivity contribution < 1.29 is 14.2 Å². The van der Waals surface area contributed by atoms with E-state index in [1.807, 2.05) is 30.3 Å². The van der Waals surface area contributed by atoms with Crippen molar-refractivity contribution in [3.05, 3.63) is 58.8 Å². The van der Waals surface area contributed by atoms with Gasteiger partial charge in [-0.3, -0.25) is 0 Å². The summed E-state index contributed by atoms with van der Waals surface area (Å²) in [5, 5.41) is 12.8. The highest BCUT2D eigenvalue weighted by molar-refractivity contribution is 9.10. The van der Waals surface area contributed by atoms with Gasteiger partial charge in [0.05, 0.1) is 5.69 Å². The smallest absolute Gasteiger partial charge is 0.125 e. The molecule has 1 unspecified atom stereocenters. The Morgan fingerprint density at radius 2 is 1.95 bits per heavy atom. The number of para-hydroxylation sites is 1. The summed E-state index contributed by atoms with van der Waals surface area (Å²) in [6, 6.07) is 13.6. The van der Waals surface area contributed by atoms with Crippen LogP contribution in [-0.2, 0) is 0 Å². The largest absolute Gasteiger partial charge is 0.491 e. The summed E-state index contributed by atoms with van der Waals surface area (Å²) in [4.78, 5) is 0. The summed E-state index contributed by atoms with van der Waals surface area (Å²) in [7, 11) is 0. The molecule has 2 aromatic carbocycles. The lowest BCUT2D eigenvalue weighted by atomic mass is 10.3. The lowest BCUT2D eigenvalue weighted by molar-refractivity contribution is 0.117. The number of aliphatic hydroxyl groups is 1. The average Bonchev–Trinajstić information content (AvgIpc) is 2.47. The molecule has 0 spiro atoms. The molecular formula is C15H15BrFNO2. The molecule has 0 fully saturated rings. The van der Waals surface area contributed by atoms with E-state index in [9.17, 15) is 9.50 Å². The van der Waals surface area contributed by atoms with Gasteiger partial charge in [-0.2, -0.15) is 0 Å². The molecule has 0 aromatic heterocycles. The van der Waals surface area contributed by atoms with E-state index in [4.69, 9.17) is 4.74 Å². The van der Waals surface area contributed by atoms with Gasteiger partial charge in [-0.1, -0.05) is 18.2 Å². The normalized spacial score (nSPS) is 11.9. The minimum absolute atomic E-state index is 0.171. The minimum Gasteiger partial charge on any atom is -0.491 e. The number of nitrogens with one attached hydrogen (secondary N) is 1. The van der Waals surface area contributed by atoms with Crippen LogP contribution >= 0.6 is 15.9 Å². The SMILES string of the molecule is OC(CNc1cc(F)ccc1Br)COc1ccccc1. The lowest BCUT2D eigenvalue weighted by Gasteiger charge is -2.15. The summed E-state index contributed by atoms with van der Waals surface area (Å²) < 4.78 is 19.3. The predicted octanol–water partition coefficient (Wildman–Crippen LogP) is 3.44. The Kier molecular flexibility index (Phi) is 5.38. The van der Waals surface area contributed by atoms with Crippen LogP contribution in [0.1, 0.15) is 0 Å². The third-order valence-corrected chi connectivity index (χ3v) is 3.33. The third-order valence-electron chi connectivity index (χ3n) is 2.64. The Morgan fingerprint density at radius 1 is 1.20 bits per heavy atom. The van der Waals surface area contributed by atoms with Crippen LogP contribution in [0.4, 0.5) is 10.1 Å². The third kappa shape index (κ3) is 4.51.